The summed E-state index contributed by atoms with van der Waals surface area (Å²) in [6.07, 6.45) is 1.88. The second kappa shape index (κ2) is 6.11. The number of carbonyl (C=O) groups excluding carboxylic acids is 1. The minimum atomic E-state index is 0.0280. The Bertz CT molecular complexity index is 593. The molecule has 0 bridgehead atoms. The predicted molar refractivity (Wildman–Crippen MR) is 82.9 cm³/mol. The quantitative estimate of drug-likeness (QED) is 0.802. The molecule has 0 saturated carbocycles. The molecule has 3 nitrogen and oxygen atoms in total. The number of halogens is 2. The van der Waals surface area contributed by atoms with Crippen molar-refractivity contribution in [2.45, 2.75) is 13.5 Å². The molecule has 2 aromatic rings. The summed E-state index contributed by atoms with van der Waals surface area (Å²) < 4.78 is 3.49. The van der Waals surface area contributed by atoms with Crippen LogP contribution in [0.3, 0.4) is 0 Å². The van der Waals surface area contributed by atoms with E-state index in [9.17, 15) is 4.79 Å². The molecule has 0 saturated heterocycles. The fourth-order valence-corrected chi connectivity index (χ4v) is 3.48. The van der Waals surface area contributed by atoms with Crippen molar-refractivity contribution in [3.8, 4) is 0 Å². The summed E-state index contributed by atoms with van der Waals surface area (Å²) >= 11 is 10.8. The molecule has 2 heterocycles. The Labute approximate surface area is 129 Å². The number of carbonyl (C=O) groups is 1. The van der Waals surface area contributed by atoms with Crippen LogP contribution in [0.15, 0.2) is 28.9 Å². The van der Waals surface area contributed by atoms with Crippen LogP contribution in [0.4, 0.5) is 0 Å². The molecule has 0 spiro atoms. The summed E-state index contributed by atoms with van der Waals surface area (Å²) in [6, 6.07) is 5.66. The number of thiophene rings is 1. The molecule has 0 radical (unpaired) electrons. The van der Waals surface area contributed by atoms with Gasteiger partial charge in [-0.15, -0.1) is 11.3 Å². The van der Waals surface area contributed by atoms with Crippen LogP contribution >= 0.6 is 38.9 Å². The van der Waals surface area contributed by atoms with Gasteiger partial charge in [-0.1, -0.05) is 11.6 Å². The average molecular weight is 362 g/mol. The lowest BCUT2D eigenvalue weighted by molar-refractivity contribution is 0.0744. The van der Waals surface area contributed by atoms with Crippen molar-refractivity contribution >= 4 is 44.8 Å². The minimum Gasteiger partial charge on any atom is -0.345 e. The van der Waals surface area contributed by atoms with Crippen LogP contribution in [0.25, 0.3) is 0 Å². The molecule has 102 valence electrons. The van der Waals surface area contributed by atoms with E-state index in [1.54, 1.807) is 0 Å². The van der Waals surface area contributed by atoms with E-state index in [2.05, 4.69) is 15.9 Å². The second-order valence-corrected chi connectivity index (χ2v) is 6.89. The molecule has 1 amide bonds. The van der Waals surface area contributed by atoms with Crippen LogP contribution in [0.5, 0.6) is 0 Å². The third-order valence-corrected chi connectivity index (χ3v) is 4.48. The van der Waals surface area contributed by atoms with E-state index in [1.165, 1.54) is 11.3 Å². The van der Waals surface area contributed by atoms with Gasteiger partial charge in [-0.3, -0.25) is 4.79 Å². The molecule has 0 aromatic carbocycles. The highest BCUT2D eigenvalue weighted by molar-refractivity contribution is 9.10. The van der Waals surface area contributed by atoms with Gasteiger partial charge in [0.1, 0.15) is 5.69 Å². The Hall–Kier alpha value is -0.780. The van der Waals surface area contributed by atoms with Crippen molar-refractivity contribution in [3.63, 3.8) is 0 Å². The Morgan fingerprint density at radius 3 is 2.74 bits per heavy atom. The Morgan fingerprint density at radius 2 is 2.26 bits per heavy atom. The third-order valence-electron chi connectivity index (χ3n) is 2.84. The molecular weight excluding hydrogens is 348 g/mol. The summed E-state index contributed by atoms with van der Waals surface area (Å²) in [5, 5.41) is 0. The van der Waals surface area contributed by atoms with E-state index < -0.39 is 0 Å². The summed E-state index contributed by atoms with van der Waals surface area (Å²) in [7, 11) is 1.87. The molecule has 2 rings (SSSR count). The maximum Gasteiger partial charge on any atom is 0.270 e. The standard InChI is InChI=1S/C13H14BrClN2OS/c1-3-17(8-10-4-5-12(15)19-10)13(18)11-6-9(14)7-16(11)2/h4-7H,3,8H2,1-2H3. The van der Waals surface area contributed by atoms with E-state index in [0.717, 1.165) is 13.7 Å². The van der Waals surface area contributed by atoms with Crippen LogP contribution in [-0.4, -0.2) is 21.9 Å². The Balaban J connectivity index is 2.17. The lowest BCUT2D eigenvalue weighted by Gasteiger charge is -2.20. The molecule has 6 heteroatoms. The van der Waals surface area contributed by atoms with E-state index >= 15 is 0 Å². The van der Waals surface area contributed by atoms with Crippen molar-refractivity contribution in [2.75, 3.05) is 6.54 Å². The molecule has 0 aliphatic carbocycles. The topological polar surface area (TPSA) is 25.2 Å². The maximum absolute atomic E-state index is 12.5. The molecule has 0 aliphatic rings. The first-order valence-corrected chi connectivity index (χ1v) is 7.85. The largest absolute Gasteiger partial charge is 0.345 e. The number of aryl methyl sites for hydroxylation is 1. The molecular formula is C13H14BrClN2OS. The van der Waals surface area contributed by atoms with Crippen LogP contribution in [0.1, 0.15) is 22.3 Å². The monoisotopic (exact) mass is 360 g/mol. The molecule has 19 heavy (non-hydrogen) atoms. The molecule has 0 fully saturated rings. The molecule has 2 aromatic heterocycles. The minimum absolute atomic E-state index is 0.0280. The third kappa shape index (κ3) is 3.41. The summed E-state index contributed by atoms with van der Waals surface area (Å²) in [5.74, 6) is 0.0280. The lowest BCUT2D eigenvalue weighted by atomic mass is 10.3. The molecule has 0 unspecified atom stereocenters. The van der Waals surface area contributed by atoms with Crippen LogP contribution in [0.2, 0.25) is 4.34 Å². The molecule has 0 N–H and O–H groups in total. The van der Waals surface area contributed by atoms with Gasteiger partial charge in [0, 0.05) is 29.1 Å². The number of aromatic nitrogens is 1. The number of rotatable bonds is 4. The van der Waals surface area contributed by atoms with Crippen LogP contribution in [-0.2, 0) is 13.6 Å². The van der Waals surface area contributed by atoms with Crippen molar-refractivity contribution in [3.05, 3.63) is 43.8 Å². The van der Waals surface area contributed by atoms with E-state index in [-0.39, 0.29) is 5.91 Å². The maximum atomic E-state index is 12.5. The van der Waals surface area contributed by atoms with E-state index in [0.29, 0.717) is 18.8 Å². The number of hydrogen-bond acceptors (Lipinski definition) is 2. The normalized spacial score (nSPS) is 10.7. The first kappa shape index (κ1) is 14.6. The Morgan fingerprint density at radius 1 is 1.53 bits per heavy atom. The summed E-state index contributed by atoms with van der Waals surface area (Å²) in [4.78, 5) is 15.4. The SMILES string of the molecule is CCN(Cc1ccc(Cl)s1)C(=O)c1cc(Br)cn1C. The van der Waals surface area contributed by atoms with Gasteiger partial charge in [0.05, 0.1) is 10.9 Å². The van der Waals surface area contributed by atoms with Gasteiger partial charge in [-0.05, 0) is 41.1 Å². The summed E-state index contributed by atoms with van der Waals surface area (Å²) in [5.41, 5.74) is 0.677. The fourth-order valence-electron chi connectivity index (χ4n) is 1.85. The second-order valence-electron chi connectivity index (χ2n) is 4.18. The van der Waals surface area contributed by atoms with Gasteiger partial charge in [0.2, 0.25) is 0 Å². The van der Waals surface area contributed by atoms with Gasteiger partial charge in [-0.2, -0.15) is 0 Å². The van der Waals surface area contributed by atoms with Gasteiger partial charge in [0.15, 0.2) is 0 Å². The first-order valence-electron chi connectivity index (χ1n) is 5.86. The zero-order chi connectivity index (χ0) is 14.0. The predicted octanol–water partition coefficient (Wildman–Crippen LogP) is 4.16. The number of nitrogens with zero attached hydrogens (tertiary/aromatic N) is 2. The van der Waals surface area contributed by atoms with E-state index in [4.69, 9.17) is 11.6 Å². The highest BCUT2D eigenvalue weighted by atomic mass is 79.9. The number of amides is 1. The average Bonchev–Trinajstić information content (AvgIpc) is 2.91. The zero-order valence-corrected chi connectivity index (χ0v) is 13.8. The smallest absolute Gasteiger partial charge is 0.270 e. The van der Waals surface area contributed by atoms with Crippen molar-refractivity contribution in [2.24, 2.45) is 7.05 Å². The molecule has 0 aliphatic heterocycles. The molecule has 0 atom stereocenters. The summed E-state index contributed by atoms with van der Waals surface area (Å²) in [6.45, 7) is 3.23. The van der Waals surface area contributed by atoms with Gasteiger partial charge < -0.3 is 9.47 Å². The van der Waals surface area contributed by atoms with Crippen LogP contribution < -0.4 is 0 Å². The first-order chi connectivity index (χ1) is 9.01. The number of hydrogen-bond donors (Lipinski definition) is 0. The fraction of sp³-hybridized carbons (Fsp3) is 0.308. The van der Waals surface area contributed by atoms with Gasteiger partial charge >= 0.3 is 0 Å². The van der Waals surface area contributed by atoms with Crippen molar-refractivity contribution < 1.29 is 4.79 Å². The zero-order valence-electron chi connectivity index (χ0n) is 10.7. The van der Waals surface area contributed by atoms with Gasteiger partial charge in [-0.25, -0.2) is 0 Å². The van der Waals surface area contributed by atoms with Crippen molar-refractivity contribution in [1.29, 1.82) is 0 Å². The van der Waals surface area contributed by atoms with Gasteiger partial charge in [0.25, 0.3) is 5.91 Å². The van der Waals surface area contributed by atoms with E-state index in [1.807, 2.05) is 47.8 Å². The van der Waals surface area contributed by atoms with Crippen molar-refractivity contribution in [1.82, 2.24) is 9.47 Å². The van der Waals surface area contributed by atoms with Crippen LogP contribution in [0, 0.1) is 0 Å². The Kier molecular flexibility index (Phi) is 4.71. The lowest BCUT2D eigenvalue weighted by Crippen LogP contribution is -2.31. The highest BCUT2D eigenvalue weighted by Crippen LogP contribution is 2.23. The highest BCUT2D eigenvalue weighted by Gasteiger charge is 2.18.